The number of carboxylic acid groups (broad SMARTS) is 1. The fraction of sp³-hybridized carbons (Fsp3) is 0.417. The van der Waals surface area contributed by atoms with Crippen molar-refractivity contribution in [2.24, 2.45) is 5.73 Å². The maximum Gasteiger partial charge on any atom is 0.322 e. The molecule has 0 saturated carbocycles. The Morgan fingerprint density at radius 1 is 1.38 bits per heavy atom. The molecule has 0 amide bonds. The van der Waals surface area contributed by atoms with Crippen LogP contribution in [-0.2, 0) is 16.0 Å². The molecule has 0 aliphatic rings. The average Bonchev–Trinajstić information content (AvgIpc) is 2.29. The van der Waals surface area contributed by atoms with Gasteiger partial charge in [-0.3, -0.25) is 4.79 Å². The number of benzene rings is 1. The summed E-state index contributed by atoms with van der Waals surface area (Å²) >= 11 is 0. The number of aliphatic carboxylic acids is 1. The van der Waals surface area contributed by atoms with Crippen LogP contribution >= 0.6 is 0 Å². The zero-order valence-electron chi connectivity index (χ0n) is 9.13. The first-order valence-electron chi connectivity index (χ1n) is 5.30. The fourth-order valence-corrected chi connectivity index (χ4v) is 1.30. The molecule has 0 spiro atoms. The Morgan fingerprint density at radius 2 is 2.06 bits per heavy atom. The van der Waals surface area contributed by atoms with Crippen LogP contribution in [0.5, 0.6) is 0 Å². The highest BCUT2D eigenvalue weighted by atomic mass is 16.5. The number of aryl methyl sites for hydroxylation is 1. The number of carbonyl (C=O) groups is 1. The molecule has 0 fully saturated rings. The number of nitrogens with two attached hydrogens (primary N) is 1. The monoisotopic (exact) mass is 223 g/mol. The van der Waals surface area contributed by atoms with Crippen molar-refractivity contribution in [3.63, 3.8) is 0 Å². The summed E-state index contributed by atoms with van der Waals surface area (Å²) in [5.74, 6) is -1.02. The van der Waals surface area contributed by atoms with Gasteiger partial charge in [0.25, 0.3) is 0 Å². The SMILES string of the molecule is N[C@@H](COCCCc1ccccc1)C(=O)O. The second-order valence-corrected chi connectivity index (χ2v) is 3.61. The standard InChI is InChI=1S/C12H17NO3/c13-11(12(14)15)9-16-8-4-7-10-5-2-1-3-6-10/h1-3,5-6,11H,4,7-9,13H2,(H,14,15)/t11-/m0/s1. The summed E-state index contributed by atoms with van der Waals surface area (Å²) in [6.45, 7) is 0.611. The second kappa shape index (κ2) is 6.98. The van der Waals surface area contributed by atoms with E-state index < -0.39 is 12.0 Å². The summed E-state index contributed by atoms with van der Waals surface area (Å²) in [5.41, 5.74) is 6.54. The summed E-state index contributed by atoms with van der Waals surface area (Å²) in [7, 11) is 0. The zero-order chi connectivity index (χ0) is 11.8. The molecule has 1 atom stereocenters. The molecule has 0 aromatic heterocycles. The van der Waals surface area contributed by atoms with E-state index >= 15 is 0 Å². The van der Waals surface area contributed by atoms with Crippen LogP contribution in [0, 0.1) is 0 Å². The van der Waals surface area contributed by atoms with E-state index in [4.69, 9.17) is 15.6 Å². The van der Waals surface area contributed by atoms with Gasteiger partial charge in [0.15, 0.2) is 0 Å². The van der Waals surface area contributed by atoms with Gasteiger partial charge in [-0.05, 0) is 18.4 Å². The molecule has 1 aromatic rings. The van der Waals surface area contributed by atoms with Crippen LogP contribution in [0.3, 0.4) is 0 Å². The molecular formula is C12H17NO3. The number of hydrogen-bond donors (Lipinski definition) is 2. The number of hydrogen-bond acceptors (Lipinski definition) is 3. The Labute approximate surface area is 95.0 Å². The lowest BCUT2D eigenvalue weighted by molar-refractivity contribution is -0.140. The van der Waals surface area contributed by atoms with Gasteiger partial charge in [-0.2, -0.15) is 0 Å². The summed E-state index contributed by atoms with van der Waals surface area (Å²) in [5, 5.41) is 8.51. The minimum absolute atomic E-state index is 0.0735. The highest BCUT2D eigenvalue weighted by molar-refractivity contribution is 5.73. The van der Waals surface area contributed by atoms with E-state index in [0.717, 1.165) is 12.8 Å². The van der Waals surface area contributed by atoms with E-state index in [1.54, 1.807) is 0 Å². The maximum atomic E-state index is 10.4. The lowest BCUT2D eigenvalue weighted by atomic mass is 10.1. The smallest absolute Gasteiger partial charge is 0.322 e. The zero-order valence-corrected chi connectivity index (χ0v) is 9.13. The van der Waals surface area contributed by atoms with Gasteiger partial charge in [0.2, 0.25) is 0 Å². The van der Waals surface area contributed by atoms with Crippen LogP contribution < -0.4 is 5.73 Å². The van der Waals surface area contributed by atoms with E-state index in [1.807, 2.05) is 18.2 Å². The molecule has 0 aliphatic carbocycles. The van der Waals surface area contributed by atoms with Crippen molar-refractivity contribution < 1.29 is 14.6 Å². The minimum Gasteiger partial charge on any atom is -0.480 e. The van der Waals surface area contributed by atoms with Gasteiger partial charge in [0, 0.05) is 6.61 Å². The fourth-order valence-electron chi connectivity index (χ4n) is 1.30. The Kier molecular flexibility index (Phi) is 5.53. The normalized spacial score (nSPS) is 12.3. The lowest BCUT2D eigenvalue weighted by Gasteiger charge is -2.07. The van der Waals surface area contributed by atoms with Crippen LogP contribution in [0.15, 0.2) is 30.3 Å². The summed E-state index contributed by atoms with van der Waals surface area (Å²) < 4.78 is 5.17. The first kappa shape index (κ1) is 12.7. The van der Waals surface area contributed by atoms with Crippen molar-refractivity contribution in [1.29, 1.82) is 0 Å². The molecule has 1 aromatic carbocycles. The molecule has 88 valence electrons. The molecule has 4 heteroatoms. The molecule has 0 unspecified atom stereocenters. The van der Waals surface area contributed by atoms with Gasteiger partial charge < -0.3 is 15.6 Å². The van der Waals surface area contributed by atoms with E-state index in [0.29, 0.717) is 6.61 Å². The number of carboxylic acids is 1. The molecule has 4 nitrogen and oxygen atoms in total. The molecule has 3 N–H and O–H groups in total. The molecule has 0 heterocycles. The number of ether oxygens (including phenoxy) is 1. The van der Waals surface area contributed by atoms with Crippen LogP contribution in [0.4, 0.5) is 0 Å². The molecule has 0 saturated heterocycles. The Bertz CT molecular complexity index is 313. The third-order valence-electron chi connectivity index (χ3n) is 2.21. The van der Waals surface area contributed by atoms with Gasteiger partial charge >= 0.3 is 5.97 Å². The Morgan fingerprint density at radius 3 is 2.69 bits per heavy atom. The third-order valence-corrected chi connectivity index (χ3v) is 2.21. The molecular weight excluding hydrogens is 206 g/mol. The van der Waals surface area contributed by atoms with E-state index in [2.05, 4.69) is 12.1 Å². The molecule has 0 bridgehead atoms. The largest absolute Gasteiger partial charge is 0.480 e. The van der Waals surface area contributed by atoms with Gasteiger partial charge in [0.1, 0.15) is 6.04 Å². The minimum atomic E-state index is -1.02. The van der Waals surface area contributed by atoms with Crippen molar-refractivity contribution in [3.8, 4) is 0 Å². The van der Waals surface area contributed by atoms with Crippen LogP contribution in [-0.4, -0.2) is 30.3 Å². The van der Waals surface area contributed by atoms with Crippen LogP contribution in [0.2, 0.25) is 0 Å². The van der Waals surface area contributed by atoms with Crippen molar-refractivity contribution in [3.05, 3.63) is 35.9 Å². The van der Waals surface area contributed by atoms with E-state index in [9.17, 15) is 4.79 Å². The van der Waals surface area contributed by atoms with Crippen LogP contribution in [0.25, 0.3) is 0 Å². The maximum absolute atomic E-state index is 10.4. The summed E-state index contributed by atoms with van der Waals surface area (Å²) in [4.78, 5) is 10.4. The van der Waals surface area contributed by atoms with Gasteiger partial charge in [-0.25, -0.2) is 0 Å². The van der Waals surface area contributed by atoms with Crippen molar-refractivity contribution >= 4 is 5.97 Å². The Balaban J connectivity index is 2.07. The predicted molar refractivity (Wildman–Crippen MR) is 61.2 cm³/mol. The predicted octanol–water partition coefficient (Wildman–Crippen LogP) is 1.05. The highest BCUT2D eigenvalue weighted by Gasteiger charge is 2.10. The number of rotatable bonds is 7. The van der Waals surface area contributed by atoms with Crippen molar-refractivity contribution in [1.82, 2.24) is 0 Å². The molecule has 0 radical (unpaired) electrons. The first-order chi connectivity index (χ1) is 7.70. The molecule has 0 aliphatic heterocycles. The molecule has 16 heavy (non-hydrogen) atoms. The van der Waals surface area contributed by atoms with Crippen molar-refractivity contribution in [2.45, 2.75) is 18.9 Å². The summed E-state index contributed by atoms with van der Waals surface area (Å²) in [6.07, 6.45) is 1.81. The van der Waals surface area contributed by atoms with Gasteiger partial charge in [0.05, 0.1) is 6.61 Å². The summed E-state index contributed by atoms with van der Waals surface area (Å²) in [6, 6.07) is 9.17. The highest BCUT2D eigenvalue weighted by Crippen LogP contribution is 2.02. The second-order valence-electron chi connectivity index (χ2n) is 3.61. The molecule has 1 rings (SSSR count). The van der Waals surface area contributed by atoms with Crippen LogP contribution in [0.1, 0.15) is 12.0 Å². The van der Waals surface area contributed by atoms with Gasteiger partial charge in [-0.1, -0.05) is 30.3 Å². The van der Waals surface area contributed by atoms with Gasteiger partial charge in [-0.15, -0.1) is 0 Å². The van der Waals surface area contributed by atoms with E-state index in [-0.39, 0.29) is 6.61 Å². The average molecular weight is 223 g/mol. The topological polar surface area (TPSA) is 72.5 Å². The van der Waals surface area contributed by atoms with E-state index in [1.165, 1.54) is 5.56 Å². The lowest BCUT2D eigenvalue weighted by Crippen LogP contribution is -2.35. The quantitative estimate of drug-likeness (QED) is 0.678. The van der Waals surface area contributed by atoms with Crippen molar-refractivity contribution in [2.75, 3.05) is 13.2 Å². The first-order valence-corrected chi connectivity index (χ1v) is 5.30. The third kappa shape index (κ3) is 4.91. The Hall–Kier alpha value is -1.39.